The van der Waals surface area contributed by atoms with E-state index in [9.17, 15) is 9.59 Å². The lowest BCUT2D eigenvalue weighted by atomic mass is 9.90. The van der Waals surface area contributed by atoms with Crippen LogP contribution in [0.2, 0.25) is 0 Å². The van der Waals surface area contributed by atoms with Crippen molar-refractivity contribution in [2.45, 2.75) is 77.9 Å². The molecule has 3 heterocycles. The molecule has 0 spiro atoms. The summed E-state index contributed by atoms with van der Waals surface area (Å²) in [6.07, 6.45) is 13.2. The van der Waals surface area contributed by atoms with E-state index in [1.165, 1.54) is 16.7 Å². The van der Waals surface area contributed by atoms with Crippen LogP contribution in [0.1, 0.15) is 65.4 Å². The molecule has 40 heavy (non-hydrogen) atoms. The lowest BCUT2D eigenvalue weighted by molar-refractivity contribution is -0.139. The minimum Gasteiger partial charge on any atom is -0.381 e. The quantitative estimate of drug-likeness (QED) is 0.456. The van der Waals surface area contributed by atoms with Crippen molar-refractivity contribution in [3.8, 4) is 0 Å². The number of benzene rings is 1. The molecule has 2 unspecified atom stereocenters. The summed E-state index contributed by atoms with van der Waals surface area (Å²) in [5.41, 5.74) is 5.87. The van der Waals surface area contributed by atoms with Gasteiger partial charge in [0.25, 0.3) is 0 Å². The van der Waals surface area contributed by atoms with Gasteiger partial charge in [-0.2, -0.15) is 0 Å². The van der Waals surface area contributed by atoms with Gasteiger partial charge in [-0.3, -0.25) is 9.59 Å². The number of hydrogen-bond acceptors (Lipinski definition) is 5. The van der Waals surface area contributed by atoms with Crippen molar-refractivity contribution in [3.63, 3.8) is 0 Å². The number of nitrogens with one attached hydrogen (secondary N) is 2. The molecular weight excluding hydrogens is 500 g/mol. The molecule has 3 aliphatic rings. The molecule has 2 fully saturated rings. The second kappa shape index (κ2) is 14.0. The first-order valence-electron chi connectivity index (χ1n) is 14.8. The van der Waals surface area contributed by atoms with Crippen LogP contribution >= 0.6 is 0 Å². The van der Waals surface area contributed by atoms with Crippen molar-refractivity contribution in [2.75, 3.05) is 26.8 Å². The largest absolute Gasteiger partial charge is 0.381 e. The Morgan fingerprint density at radius 1 is 1.15 bits per heavy atom. The van der Waals surface area contributed by atoms with Gasteiger partial charge < -0.3 is 25.2 Å². The minimum atomic E-state index is -0.541. The number of rotatable bonds is 9. The summed E-state index contributed by atoms with van der Waals surface area (Å²) in [7, 11) is 1.76. The molecule has 0 aromatic heterocycles. The summed E-state index contributed by atoms with van der Waals surface area (Å²) < 4.78 is 5.57. The standard InChI is InChI=1S/C33H46N4O3/c1-6-11-30-28(26-12-8-7-9-13-26)20-23(2)21-36(30)22-24(3)29-14-10-17-37(29)33(39)31(27-15-18-40-19-16-27)35-32(38)25(4)34-5/h7-9,11-13,20-22,25,27,29,31,34H,6,10,14-19H2,1-5H3,(H,35,38)/b24-22+,30-11+/t25-,29?,31?/m0/s1. The van der Waals surface area contributed by atoms with Crippen molar-refractivity contribution in [1.29, 1.82) is 0 Å². The Hall–Kier alpha value is -3.16. The molecule has 1 aromatic carbocycles. The highest BCUT2D eigenvalue weighted by Gasteiger charge is 2.39. The summed E-state index contributed by atoms with van der Waals surface area (Å²) in [5, 5.41) is 6.10. The summed E-state index contributed by atoms with van der Waals surface area (Å²) in [5.74, 6) is -0.0395. The first-order chi connectivity index (χ1) is 19.3. The predicted octanol–water partition coefficient (Wildman–Crippen LogP) is 5.00. The molecule has 2 saturated heterocycles. The number of allylic oxidation sites excluding steroid dienone is 4. The number of carbonyl (C=O) groups excluding carboxylic acids is 2. The van der Waals surface area contributed by atoms with Gasteiger partial charge in [0.05, 0.1) is 12.1 Å². The molecule has 0 saturated carbocycles. The molecule has 2 amide bonds. The molecule has 0 aliphatic carbocycles. The van der Waals surface area contributed by atoms with E-state index in [2.05, 4.69) is 85.1 Å². The van der Waals surface area contributed by atoms with Crippen LogP contribution in [-0.4, -0.2) is 66.5 Å². The summed E-state index contributed by atoms with van der Waals surface area (Å²) in [6.45, 7) is 10.2. The van der Waals surface area contributed by atoms with Crippen molar-refractivity contribution >= 4 is 17.4 Å². The van der Waals surface area contributed by atoms with Crippen LogP contribution in [0.3, 0.4) is 0 Å². The number of nitrogens with zero attached hydrogens (tertiary/aromatic N) is 2. The normalized spacial score (nSPS) is 23.1. The van der Waals surface area contributed by atoms with E-state index in [4.69, 9.17) is 4.74 Å². The van der Waals surface area contributed by atoms with E-state index >= 15 is 0 Å². The van der Waals surface area contributed by atoms with Crippen LogP contribution < -0.4 is 10.6 Å². The molecule has 3 atom stereocenters. The fourth-order valence-corrected chi connectivity index (χ4v) is 5.96. The monoisotopic (exact) mass is 546 g/mol. The zero-order chi connectivity index (χ0) is 28.6. The lowest BCUT2D eigenvalue weighted by Crippen LogP contribution is -2.57. The third kappa shape index (κ3) is 6.94. The van der Waals surface area contributed by atoms with Gasteiger partial charge in [-0.15, -0.1) is 0 Å². The number of likely N-dealkylation sites (tertiary alicyclic amines) is 1. The number of likely N-dealkylation sites (N-methyl/N-ethyl adjacent to an activating group) is 1. The smallest absolute Gasteiger partial charge is 0.245 e. The molecule has 0 radical (unpaired) electrons. The van der Waals surface area contributed by atoms with E-state index in [1.807, 2.05) is 17.9 Å². The molecule has 4 rings (SSSR count). The van der Waals surface area contributed by atoms with Crippen LogP contribution in [0.4, 0.5) is 0 Å². The van der Waals surface area contributed by atoms with Crippen molar-refractivity contribution in [2.24, 2.45) is 5.92 Å². The van der Waals surface area contributed by atoms with Crippen molar-refractivity contribution in [1.82, 2.24) is 20.4 Å². The lowest BCUT2D eigenvalue weighted by Gasteiger charge is -2.36. The maximum absolute atomic E-state index is 14.1. The number of hydrogen-bond donors (Lipinski definition) is 2. The van der Waals surface area contributed by atoms with Crippen LogP contribution in [0.25, 0.3) is 5.57 Å². The van der Waals surface area contributed by atoms with Gasteiger partial charge in [0.1, 0.15) is 6.04 Å². The van der Waals surface area contributed by atoms with Gasteiger partial charge in [-0.25, -0.2) is 0 Å². The summed E-state index contributed by atoms with van der Waals surface area (Å²) in [6, 6.07) is 9.59. The summed E-state index contributed by atoms with van der Waals surface area (Å²) >= 11 is 0. The summed E-state index contributed by atoms with van der Waals surface area (Å²) in [4.78, 5) is 31.3. The predicted molar refractivity (Wildman–Crippen MR) is 161 cm³/mol. The van der Waals surface area contributed by atoms with Gasteiger partial charge in [0.2, 0.25) is 11.8 Å². The van der Waals surface area contributed by atoms with E-state index in [0.717, 1.165) is 43.4 Å². The molecule has 3 aliphatic heterocycles. The SMILES string of the molecule is CC/C=C1\C(c2ccccc2)=CC(C)=CN1/C=C(\C)C1CCCN1C(=O)C(NC(=O)[C@H](C)NC)C1CCOCC1. The fourth-order valence-electron chi connectivity index (χ4n) is 5.96. The second-order valence-electron chi connectivity index (χ2n) is 11.2. The van der Waals surface area contributed by atoms with Gasteiger partial charge in [-0.1, -0.05) is 43.3 Å². The zero-order valence-corrected chi connectivity index (χ0v) is 24.8. The van der Waals surface area contributed by atoms with Crippen LogP contribution in [0.15, 0.2) is 71.7 Å². The van der Waals surface area contributed by atoms with Crippen molar-refractivity contribution < 1.29 is 14.3 Å². The Labute approximate surface area is 240 Å². The van der Waals surface area contributed by atoms with E-state index in [-0.39, 0.29) is 29.8 Å². The molecule has 2 N–H and O–H groups in total. The Morgan fingerprint density at radius 2 is 1.88 bits per heavy atom. The van der Waals surface area contributed by atoms with E-state index in [0.29, 0.717) is 19.8 Å². The van der Waals surface area contributed by atoms with Crippen LogP contribution in [0, 0.1) is 5.92 Å². The topological polar surface area (TPSA) is 73.9 Å². The average Bonchev–Trinajstić information content (AvgIpc) is 3.47. The highest BCUT2D eigenvalue weighted by Crippen LogP contribution is 2.34. The van der Waals surface area contributed by atoms with E-state index in [1.54, 1.807) is 7.05 Å². The maximum atomic E-state index is 14.1. The Balaban J connectivity index is 1.59. The Morgan fingerprint density at radius 3 is 2.55 bits per heavy atom. The second-order valence-corrected chi connectivity index (χ2v) is 11.2. The van der Waals surface area contributed by atoms with Gasteiger partial charge in [0, 0.05) is 43.4 Å². The molecular formula is C33H46N4O3. The zero-order valence-electron chi connectivity index (χ0n) is 24.8. The van der Waals surface area contributed by atoms with Crippen LogP contribution in [-0.2, 0) is 14.3 Å². The highest BCUT2D eigenvalue weighted by molar-refractivity contribution is 5.90. The average molecular weight is 547 g/mol. The fraction of sp³-hybridized carbons (Fsp3) is 0.515. The maximum Gasteiger partial charge on any atom is 0.245 e. The van der Waals surface area contributed by atoms with Crippen LogP contribution in [0.5, 0.6) is 0 Å². The highest BCUT2D eigenvalue weighted by atomic mass is 16.5. The molecule has 216 valence electrons. The van der Waals surface area contributed by atoms with E-state index < -0.39 is 6.04 Å². The number of carbonyl (C=O) groups is 2. The van der Waals surface area contributed by atoms with Gasteiger partial charge in [0.15, 0.2) is 0 Å². The molecule has 1 aromatic rings. The number of ether oxygens (including phenoxy) is 1. The molecule has 7 nitrogen and oxygen atoms in total. The van der Waals surface area contributed by atoms with Gasteiger partial charge in [-0.05, 0) is 88.6 Å². The molecule has 7 heteroatoms. The third-order valence-electron chi connectivity index (χ3n) is 8.28. The first kappa shape index (κ1) is 29.8. The number of amides is 2. The Kier molecular flexibility index (Phi) is 10.4. The van der Waals surface area contributed by atoms with Crippen molar-refractivity contribution in [3.05, 3.63) is 77.3 Å². The minimum absolute atomic E-state index is 0.00358. The third-order valence-corrected chi connectivity index (χ3v) is 8.28. The molecule has 0 bridgehead atoms. The van der Waals surface area contributed by atoms with Gasteiger partial charge >= 0.3 is 0 Å². The first-order valence-corrected chi connectivity index (χ1v) is 14.8. The Bertz CT molecular complexity index is 1160.